The maximum Gasteiger partial charge on any atom is 0.141 e. The van der Waals surface area contributed by atoms with Crippen molar-refractivity contribution < 1.29 is 4.52 Å². The fraction of sp³-hybridized carbons (Fsp3) is 0.438. The molecule has 0 bridgehead atoms. The Morgan fingerprint density at radius 2 is 1.72 bits per heavy atom. The van der Waals surface area contributed by atoms with E-state index in [4.69, 9.17) is 4.52 Å². The van der Waals surface area contributed by atoms with E-state index in [0.717, 1.165) is 17.0 Å². The first-order chi connectivity index (χ1) is 8.30. The van der Waals surface area contributed by atoms with Gasteiger partial charge in [0.25, 0.3) is 0 Å². The van der Waals surface area contributed by atoms with Gasteiger partial charge in [0.2, 0.25) is 0 Å². The summed E-state index contributed by atoms with van der Waals surface area (Å²) in [5, 5.41) is 4.02. The van der Waals surface area contributed by atoms with Gasteiger partial charge in [-0.2, -0.15) is 0 Å². The molecule has 0 saturated carbocycles. The summed E-state index contributed by atoms with van der Waals surface area (Å²) >= 11 is 0. The van der Waals surface area contributed by atoms with Crippen LogP contribution in [-0.4, -0.2) is 5.16 Å². The minimum absolute atomic E-state index is 0.182. The van der Waals surface area contributed by atoms with Crippen LogP contribution in [-0.2, 0) is 5.41 Å². The first kappa shape index (κ1) is 12.9. The van der Waals surface area contributed by atoms with Crippen molar-refractivity contribution >= 4 is 0 Å². The molecule has 0 unspecified atom stereocenters. The highest BCUT2D eigenvalue weighted by Crippen LogP contribution is 2.32. The lowest BCUT2D eigenvalue weighted by Crippen LogP contribution is -2.12. The van der Waals surface area contributed by atoms with Crippen molar-refractivity contribution in [3.8, 4) is 11.1 Å². The van der Waals surface area contributed by atoms with Gasteiger partial charge in [0.1, 0.15) is 5.76 Å². The Labute approximate surface area is 109 Å². The van der Waals surface area contributed by atoms with Gasteiger partial charge < -0.3 is 4.52 Å². The fourth-order valence-electron chi connectivity index (χ4n) is 2.56. The molecule has 2 heteroatoms. The van der Waals surface area contributed by atoms with Crippen LogP contribution in [0.25, 0.3) is 11.1 Å². The Kier molecular flexibility index (Phi) is 3.05. The van der Waals surface area contributed by atoms with E-state index in [0.29, 0.717) is 0 Å². The van der Waals surface area contributed by atoms with Gasteiger partial charge in [-0.25, -0.2) is 0 Å². The van der Waals surface area contributed by atoms with Crippen LogP contribution in [0.3, 0.4) is 0 Å². The summed E-state index contributed by atoms with van der Waals surface area (Å²) in [6, 6.07) is 6.61. The third-order valence-electron chi connectivity index (χ3n) is 3.36. The molecular weight excluding hydrogens is 222 g/mol. The van der Waals surface area contributed by atoms with Crippen LogP contribution in [0.5, 0.6) is 0 Å². The lowest BCUT2D eigenvalue weighted by atomic mass is 9.83. The minimum atomic E-state index is 0.182. The third kappa shape index (κ3) is 2.20. The van der Waals surface area contributed by atoms with Gasteiger partial charge in [0, 0.05) is 5.56 Å². The van der Waals surface area contributed by atoms with Crippen LogP contribution in [0, 0.1) is 20.8 Å². The number of benzene rings is 1. The van der Waals surface area contributed by atoms with Gasteiger partial charge in [-0.3, -0.25) is 0 Å². The van der Waals surface area contributed by atoms with Crippen molar-refractivity contribution in [2.75, 3.05) is 0 Å². The maximum atomic E-state index is 5.24. The number of hydrogen-bond donors (Lipinski definition) is 0. The molecule has 0 saturated heterocycles. The highest BCUT2D eigenvalue weighted by molar-refractivity contribution is 5.68. The molecule has 96 valence electrons. The van der Waals surface area contributed by atoms with Gasteiger partial charge in [-0.05, 0) is 42.9 Å². The van der Waals surface area contributed by atoms with Crippen molar-refractivity contribution in [1.29, 1.82) is 0 Å². The summed E-state index contributed by atoms with van der Waals surface area (Å²) in [5.74, 6) is 0.885. The standard InChI is InChI=1S/C16H21NO/c1-10-9-13(7-8-14(10)16(4,5)6)15-11(2)17-18-12(15)3/h7-9H,1-6H3. The lowest BCUT2D eigenvalue weighted by Gasteiger charge is -2.22. The van der Waals surface area contributed by atoms with Gasteiger partial charge in [0.15, 0.2) is 0 Å². The van der Waals surface area contributed by atoms with Gasteiger partial charge in [-0.15, -0.1) is 0 Å². The van der Waals surface area contributed by atoms with E-state index in [1.165, 1.54) is 16.7 Å². The number of aryl methyl sites for hydroxylation is 3. The van der Waals surface area contributed by atoms with Crippen LogP contribution in [0.15, 0.2) is 22.7 Å². The smallest absolute Gasteiger partial charge is 0.141 e. The Bertz CT molecular complexity index is 554. The van der Waals surface area contributed by atoms with Gasteiger partial charge in [0.05, 0.1) is 5.69 Å². The molecule has 0 spiro atoms. The molecule has 1 aromatic heterocycles. The van der Waals surface area contributed by atoms with Crippen molar-refractivity contribution in [3.05, 3.63) is 40.8 Å². The average molecular weight is 243 g/mol. The van der Waals surface area contributed by atoms with E-state index in [1.54, 1.807) is 0 Å². The van der Waals surface area contributed by atoms with E-state index in [1.807, 2.05) is 13.8 Å². The lowest BCUT2D eigenvalue weighted by molar-refractivity contribution is 0.393. The molecule has 2 rings (SSSR count). The number of nitrogens with zero attached hydrogens (tertiary/aromatic N) is 1. The second-order valence-electron chi connectivity index (χ2n) is 5.98. The highest BCUT2D eigenvalue weighted by Gasteiger charge is 2.18. The summed E-state index contributed by atoms with van der Waals surface area (Å²) in [6.07, 6.45) is 0. The maximum absolute atomic E-state index is 5.24. The Balaban J connectivity index is 2.54. The second kappa shape index (κ2) is 4.27. The molecule has 2 nitrogen and oxygen atoms in total. The third-order valence-corrected chi connectivity index (χ3v) is 3.36. The SMILES string of the molecule is Cc1cc(-c2c(C)noc2C)ccc1C(C)(C)C. The first-order valence-corrected chi connectivity index (χ1v) is 6.35. The van der Waals surface area contributed by atoms with Gasteiger partial charge >= 0.3 is 0 Å². The Morgan fingerprint density at radius 3 is 2.17 bits per heavy atom. The summed E-state index contributed by atoms with van der Waals surface area (Å²) in [6.45, 7) is 12.8. The van der Waals surface area contributed by atoms with E-state index >= 15 is 0 Å². The molecule has 0 fully saturated rings. The van der Waals surface area contributed by atoms with Crippen molar-refractivity contribution in [1.82, 2.24) is 5.16 Å². The zero-order chi connectivity index (χ0) is 13.5. The molecule has 0 N–H and O–H groups in total. The molecule has 2 aromatic rings. The molecule has 0 aliphatic heterocycles. The topological polar surface area (TPSA) is 26.0 Å². The number of rotatable bonds is 1. The monoisotopic (exact) mass is 243 g/mol. The second-order valence-corrected chi connectivity index (χ2v) is 5.98. The summed E-state index contributed by atoms with van der Waals surface area (Å²) in [5.41, 5.74) is 6.16. The predicted molar refractivity (Wildman–Crippen MR) is 74.9 cm³/mol. The summed E-state index contributed by atoms with van der Waals surface area (Å²) in [7, 11) is 0. The first-order valence-electron chi connectivity index (χ1n) is 6.35. The summed E-state index contributed by atoms with van der Waals surface area (Å²) < 4.78 is 5.24. The molecule has 0 atom stereocenters. The van der Waals surface area contributed by atoms with Crippen LogP contribution >= 0.6 is 0 Å². The van der Waals surface area contributed by atoms with Gasteiger partial charge in [-0.1, -0.05) is 44.1 Å². The highest BCUT2D eigenvalue weighted by atomic mass is 16.5. The molecule has 18 heavy (non-hydrogen) atoms. The number of aromatic nitrogens is 1. The van der Waals surface area contributed by atoms with Crippen LogP contribution in [0.1, 0.15) is 43.4 Å². The van der Waals surface area contributed by atoms with Crippen molar-refractivity contribution in [2.45, 2.75) is 47.0 Å². The van der Waals surface area contributed by atoms with E-state index < -0.39 is 0 Å². The average Bonchev–Trinajstić information content (AvgIpc) is 2.56. The molecule has 1 heterocycles. The molecule has 0 aliphatic rings. The zero-order valence-corrected chi connectivity index (χ0v) is 12.1. The van der Waals surface area contributed by atoms with Crippen LogP contribution in [0.4, 0.5) is 0 Å². The quantitative estimate of drug-likeness (QED) is 0.733. The van der Waals surface area contributed by atoms with Crippen molar-refractivity contribution in [3.63, 3.8) is 0 Å². The Hall–Kier alpha value is -1.57. The van der Waals surface area contributed by atoms with E-state index in [2.05, 4.69) is 51.1 Å². The molecule has 0 radical (unpaired) electrons. The van der Waals surface area contributed by atoms with Crippen LogP contribution in [0.2, 0.25) is 0 Å². The largest absolute Gasteiger partial charge is 0.361 e. The molecule has 1 aromatic carbocycles. The summed E-state index contributed by atoms with van der Waals surface area (Å²) in [4.78, 5) is 0. The van der Waals surface area contributed by atoms with Crippen LogP contribution < -0.4 is 0 Å². The molecule has 0 aliphatic carbocycles. The van der Waals surface area contributed by atoms with E-state index in [-0.39, 0.29) is 5.41 Å². The zero-order valence-electron chi connectivity index (χ0n) is 12.1. The Morgan fingerprint density at radius 1 is 1.06 bits per heavy atom. The van der Waals surface area contributed by atoms with E-state index in [9.17, 15) is 0 Å². The molecule has 0 amide bonds. The normalized spacial score (nSPS) is 11.9. The number of hydrogen-bond acceptors (Lipinski definition) is 2. The predicted octanol–water partition coefficient (Wildman–Crippen LogP) is 4.56. The fourth-order valence-corrected chi connectivity index (χ4v) is 2.56. The molecular formula is C16H21NO. The minimum Gasteiger partial charge on any atom is -0.361 e. The van der Waals surface area contributed by atoms with Crippen molar-refractivity contribution in [2.24, 2.45) is 0 Å².